The lowest BCUT2D eigenvalue weighted by Gasteiger charge is -2.29. The van der Waals surface area contributed by atoms with Crippen molar-refractivity contribution < 1.29 is 14.0 Å². The molecule has 7 heteroatoms. The number of benzene rings is 2. The summed E-state index contributed by atoms with van der Waals surface area (Å²) in [6.45, 7) is 6.58. The maximum absolute atomic E-state index is 13.2. The van der Waals surface area contributed by atoms with E-state index in [0.717, 1.165) is 15.6 Å². The Morgan fingerprint density at radius 1 is 1.03 bits per heavy atom. The van der Waals surface area contributed by atoms with Gasteiger partial charge in [-0.15, -0.1) is 11.8 Å². The van der Waals surface area contributed by atoms with Crippen LogP contribution in [0.25, 0.3) is 0 Å². The van der Waals surface area contributed by atoms with Gasteiger partial charge in [0.05, 0.1) is 5.75 Å². The Morgan fingerprint density at radius 3 is 2.23 bits per heavy atom. The Kier molecular flexibility index (Phi) is 9.85. The summed E-state index contributed by atoms with van der Waals surface area (Å²) < 4.78 is 14.3. The molecule has 0 aliphatic rings. The number of nitrogens with zero attached hydrogens (tertiary/aromatic N) is 1. The lowest BCUT2D eigenvalue weighted by molar-refractivity contribution is -0.138. The second-order valence-electron chi connectivity index (χ2n) is 7.58. The molecule has 0 radical (unpaired) electrons. The minimum atomic E-state index is -0.616. The van der Waals surface area contributed by atoms with E-state index in [2.05, 4.69) is 21.2 Å². The van der Waals surface area contributed by atoms with E-state index in [1.54, 1.807) is 24.0 Å². The molecule has 0 fully saturated rings. The molecule has 30 heavy (non-hydrogen) atoms. The first-order valence-electron chi connectivity index (χ1n) is 9.90. The van der Waals surface area contributed by atoms with E-state index in [0.29, 0.717) is 18.2 Å². The van der Waals surface area contributed by atoms with Crippen LogP contribution in [0.1, 0.15) is 31.9 Å². The van der Waals surface area contributed by atoms with E-state index in [-0.39, 0.29) is 29.9 Å². The van der Waals surface area contributed by atoms with Crippen molar-refractivity contribution in [1.29, 1.82) is 0 Å². The number of amides is 2. The van der Waals surface area contributed by atoms with Crippen molar-refractivity contribution in [3.8, 4) is 0 Å². The van der Waals surface area contributed by atoms with Gasteiger partial charge < -0.3 is 10.2 Å². The van der Waals surface area contributed by atoms with Crippen LogP contribution in [0.3, 0.4) is 0 Å². The summed E-state index contributed by atoms with van der Waals surface area (Å²) in [6, 6.07) is 13.4. The fourth-order valence-electron chi connectivity index (χ4n) is 2.74. The van der Waals surface area contributed by atoms with Crippen molar-refractivity contribution >= 4 is 39.5 Å². The van der Waals surface area contributed by atoms with Crippen LogP contribution in [0, 0.1) is 11.7 Å². The van der Waals surface area contributed by atoms with Crippen LogP contribution in [0.15, 0.2) is 53.0 Å². The van der Waals surface area contributed by atoms with Gasteiger partial charge in [-0.2, -0.15) is 0 Å². The number of carbonyl (C=O) groups excluding carboxylic acids is 2. The zero-order chi connectivity index (χ0) is 22.1. The molecule has 0 saturated carbocycles. The first-order chi connectivity index (χ1) is 14.3. The number of rotatable bonds is 10. The van der Waals surface area contributed by atoms with Crippen LogP contribution in [0.4, 0.5) is 4.39 Å². The lowest BCUT2D eigenvalue weighted by Crippen LogP contribution is -2.48. The molecule has 0 aliphatic carbocycles. The molecule has 0 spiro atoms. The van der Waals surface area contributed by atoms with Crippen LogP contribution in [0.2, 0.25) is 0 Å². The van der Waals surface area contributed by atoms with Crippen LogP contribution in [-0.2, 0) is 21.9 Å². The van der Waals surface area contributed by atoms with Gasteiger partial charge in [-0.3, -0.25) is 9.59 Å². The molecule has 0 saturated heterocycles. The van der Waals surface area contributed by atoms with Crippen LogP contribution in [-0.4, -0.2) is 35.1 Å². The van der Waals surface area contributed by atoms with Gasteiger partial charge in [-0.25, -0.2) is 4.39 Å². The Labute approximate surface area is 190 Å². The average molecular weight is 495 g/mol. The van der Waals surface area contributed by atoms with E-state index in [9.17, 15) is 14.0 Å². The monoisotopic (exact) mass is 494 g/mol. The van der Waals surface area contributed by atoms with Gasteiger partial charge in [-0.1, -0.05) is 54.0 Å². The molecule has 0 aliphatic heterocycles. The summed E-state index contributed by atoms with van der Waals surface area (Å²) in [7, 11) is 0. The highest BCUT2D eigenvalue weighted by atomic mass is 79.9. The summed E-state index contributed by atoms with van der Waals surface area (Å²) in [5, 5.41) is 2.90. The van der Waals surface area contributed by atoms with Crippen molar-refractivity contribution in [2.24, 2.45) is 5.92 Å². The number of carbonyl (C=O) groups is 2. The third-order valence-electron chi connectivity index (χ3n) is 4.53. The maximum atomic E-state index is 13.2. The van der Waals surface area contributed by atoms with Gasteiger partial charge in [0.15, 0.2) is 0 Å². The number of hydrogen-bond donors (Lipinski definition) is 1. The van der Waals surface area contributed by atoms with Gasteiger partial charge in [0.1, 0.15) is 11.9 Å². The van der Waals surface area contributed by atoms with E-state index < -0.39 is 6.04 Å². The minimum absolute atomic E-state index is 0.117. The number of thioether (sulfide) groups is 1. The van der Waals surface area contributed by atoms with Gasteiger partial charge in [0, 0.05) is 23.3 Å². The topological polar surface area (TPSA) is 49.4 Å². The van der Waals surface area contributed by atoms with Crippen molar-refractivity contribution in [3.63, 3.8) is 0 Å². The first-order valence-corrected chi connectivity index (χ1v) is 11.8. The zero-order valence-corrected chi connectivity index (χ0v) is 19.9. The van der Waals surface area contributed by atoms with Gasteiger partial charge in [0.2, 0.25) is 11.8 Å². The maximum Gasteiger partial charge on any atom is 0.242 e. The highest BCUT2D eigenvalue weighted by Crippen LogP contribution is 2.18. The summed E-state index contributed by atoms with van der Waals surface area (Å²) in [5.41, 5.74) is 1.91. The zero-order valence-electron chi connectivity index (χ0n) is 17.5. The smallest absolute Gasteiger partial charge is 0.242 e. The van der Waals surface area contributed by atoms with Crippen molar-refractivity contribution in [1.82, 2.24) is 10.2 Å². The van der Waals surface area contributed by atoms with E-state index in [4.69, 9.17) is 0 Å². The molecule has 2 aromatic rings. The predicted octanol–water partition coefficient (Wildman–Crippen LogP) is 5.01. The van der Waals surface area contributed by atoms with E-state index in [1.165, 1.54) is 23.9 Å². The molecular formula is C23H28BrFN2O2S. The van der Waals surface area contributed by atoms with Crippen LogP contribution in [0.5, 0.6) is 0 Å². The second kappa shape index (κ2) is 12.1. The molecule has 2 aromatic carbocycles. The number of nitrogens with one attached hydrogen (secondary N) is 1. The SMILES string of the molecule is CC(C)CNC(=O)C(C)N(Cc1ccc(F)cc1)C(=O)CSCc1ccc(Br)cc1. The largest absolute Gasteiger partial charge is 0.354 e. The van der Waals surface area contributed by atoms with Crippen molar-refractivity contribution in [3.05, 3.63) is 69.9 Å². The molecule has 162 valence electrons. The molecule has 1 N–H and O–H groups in total. The summed E-state index contributed by atoms with van der Waals surface area (Å²) >= 11 is 4.92. The first kappa shape index (κ1) is 24.4. The third kappa shape index (κ3) is 8.11. The van der Waals surface area contributed by atoms with Crippen LogP contribution >= 0.6 is 27.7 Å². The normalized spacial score (nSPS) is 11.9. The fourth-order valence-corrected chi connectivity index (χ4v) is 3.88. The highest BCUT2D eigenvalue weighted by Gasteiger charge is 2.26. The lowest BCUT2D eigenvalue weighted by atomic mass is 10.1. The van der Waals surface area contributed by atoms with Crippen molar-refractivity contribution in [2.75, 3.05) is 12.3 Å². The molecule has 1 atom stereocenters. The minimum Gasteiger partial charge on any atom is -0.354 e. The average Bonchev–Trinajstić information content (AvgIpc) is 2.72. The van der Waals surface area contributed by atoms with Crippen molar-refractivity contribution in [2.45, 2.75) is 39.1 Å². The Morgan fingerprint density at radius 2 is 1.63 bits per heavy atom. The Bertz CT molecular complexity index is 828. The molecule has 0 heterocycles. The van der Waals surface area contributed by atoms with E-state index >= 15 is 0 Å². The molecule has 0 bridgehead atoms. The fraction of sp³-hybridized carbons (Fsp3) is 0.391. The predicted molar refractivity (Wildman–Crippen MR) is 125 cm³/mol. The van der Waals surface area contributed by atoms with Gasteiger partial charge in [-0.05, 0) is 48.2 Å². The summed E-state index contributed by atoms with van der Waals surface area (Å²) in [6.07, 6.45) is 0. The molecule has 2 amide bonds. The van der Waals surface area contributed by atoms with Gasteiger partial charge in [0.25, 0.3) is 0 Å². The standard InChI is InChI=1S/C23H28BrFN2O2S/c1-16(2)12-26-23(29)17(3)27(13-18-6-10-21(25)11-7-18)22(28)15-30-14-19-4-8-20(24)9-5-19/h4-11,16-17H,12-15H2,1-3H3,(H,26,29). The Hall–Kier alpha value is -1.86. The highest BCUT2D eigenvalue weighted by molar-refractivity contribution is 9.10. The number of halogens is 2. The van der Waals surface area contributed by atoms with E-state index in [1.807, 2.05) is 38.1 Å². The molecule has 1 unspecified atom stereocenters. The summed E-state index contributed by atoms with van der Waals surface area (Å²) in [5.74, 6) is 0.662. The van der Waals surface area contributed by atoms with Crippen LogP contribution < -0.4 is 5.32 Å². The second-order valence-corrected chi connectivity index (χ2v) is 9.48. The quantitative estimate of drug-likeness (QED) is 0.504. The molecule has 4 nitrogen and oxygen atoms in total. The summed E-state index contributed by atoms with van der Waals surface area (Å²) in [4.78, 5) is 27.1. The Balaban J connectivity index is 2.04. The molecular weight excluding hydrogens is 467 g/mol. The van der Waals surface area contributed by atoms with Gasteiger partial charge >= 0.3 is 0 Å². The number of hydrogen-bond acceptors (Lipinski definition) is 3. The molecule has 0 aromatic heterocycles. The third-order valence-corrected chi connectivity index (χ3v) is 6.04. The molecule has 2 rings (SSSR count).